The lowest BCUT2D eigenvalue weighted by Gasteiger charge is -2.22. The summed E-state index contributed by atoms with van der Waals surface area (Å²) in [5.41, 5.74) is 0. The number of amides is 1. The molecule has 0 fully saturated rings. The van der Waals surface area contributed by atoms with E-state index in [1.54, 1.807) is 6.08 Å². The number of carbonyl (C=O) groups excluding carboxylic acids is 1. The second-order valence-electron chi connectivity index (χ2n) is 9.77. The summed E-state index contributed by atoms with van der Waals surface area (Å²) in [5, 5.41) is 23.0. The van der Waals surface area contributed by atoms with E-state index in [1.807, 2.05) is 0 Å². The van der Waals surface area contributed by atoms with Crippen molar-refractivity contribution in [2.45, 2.75) is 135 Å². The summed E-state index contributed by atoms with van der Waals surface area (Å²) < 4.78 is 32.1. The van der Waals surface area contributed by atoms with Crippen LogP contribution < -0.4 is 5.32 Å². The van der Waals surface area contributed by atoms with Crippen LogP contribution in [-0.2, 0) is 14.9 Å². The first-order valence-corrected chi connectivity index (χ1v) is 15.9. The van der Waals surface area contributed by atoms with E-state index in [-0.39, 0.29) is 6.42 Å². The number of unbranched alkanes of at least 4 members (excludes halogenated alkanes) is 11. The number of carbonyl (C=O) groups is 1. The van der Waals surface area contributed by atoms with Crippen LogP contribution in [0.5, 0.6) is 0 Å². The van der Waals surface area contributed by atoms with E-state index in [4.69, 9.17) is 0 Å². The fourth-order valence-electron chi connectivity index (χ4n) is 3.96. The van der Waals surface area contributed by atoms with Gasteiger partial charge in [0.2, 0.25) is 5.91 Å². The van der Waals surface area contributed by atoms with Crippen molar-refractivity contribution in [1.29, 1.82) is 0 Å². The zero-order valence-electron chi connectivity index (χ0n) is 23.2. The van der Waals surface area contributed by atoms with E-state index in [9.17, 15) is 28.0 Å². The lowest BCUT2D eigenvalue weighted by atomic mass is 10.0. The molecule has 0 aromatic heterocycles. The standard InChI is InChI=1S/C29H53NO6S/c1-3-5-7-9-11-13-15-17-19-21-23-27(31)26(25-37(34,35)36)30-29(33)28(32)24-22-20-18-16-14-12-10-8-6-4-2/h5,7,13,15,21,23,26-28,31-32H,3-4,6,8-12,14,16-20,22,24-25H2,1-2H3,(H,30,33)(H,34,35,36)/b7-5+,15-13+,23-21+. The number of hydrogen-bond acceptors (Lipinski definition) is 5. The number of aliphatic hydroxyl groups excluding tert-OH is 2. The summed E-state index contributed by atoms with van der Waals surface area (Å²) in [6, 6.07) is -1.25. The molecule has 0 spiro atoms. The predicted octanol–water partition coefficient (Wildman–Crippen LogP) is 6.03. The van der Waals surface area contributed by atoms with Gasteiger partial charge in [0.25, 0.3) is 10.1 Å². The zero-order chi connectivity index (χ0) is 27.8. The molecule has 0 rings (SSSR count). The molecule has 0 aromatic rings. The highest BCUT2D eigenvalue weighted by Crippen LogP contribution is 2.12. The van der Waals surface area contributed by atoms with Crippen molar-refractivity contribution >= 4 is 16.0 Å². The molecule has 0 aliphatic carbocycles. The maximum Gasteiger partial charge on any atom is 0.267 e. The highest BCUT2D eigenvalue weighted by molar-refractivity contribution is 7.85. The molecule has 3 atom stereocenters. The highest BCUT2D eigenvalue weighted by Gasteiger charge is 2.27. The average molecular weight is 544 g/mol. The van der Waals surface area contributed by atoms with Gasteiger partial charge in [0.1, 0.15) is 6.10 Å². The molecule has 0 aliphatic rings. The molecule has 0 aromatic carbocycles. The summed E-state index contributed by atoms with van der Waals surface area (Å²) in [7, 11) is -4.44. The van der Waals surface area contributed by atoms with Gasteiger partial charge in [0.15, 0.2) is 0 Å². The minimum Gasteiger partial charge on any atom is -0.387 e. The van der Waals surface area contributed by atoms with Gasteiger partial charge in [-0.2, -0.15) is 8.42 Å². The summed E-state index contributed by atoms with van der Waals surface area (Å²) in [5.74, 6) is -1.57. The van der Waals surface area contributed by atoms with Gasteiger partial charge in [0.05, 0.1) is 17.9 Å². The molecule has 37 heavy (non-hydrogen) atoms. The van der Waals surface area contributed by atoms with Gasteiger partial charge < -0.3 is 15.5 Å². The van der Waals surface area contributed by atoms with Crippen LogP contribution in [0.2, 0.25) is 0 Å². The average Bonchev–Trinajstić information content (AvgIpc) is 2.84. The van der Waals surface area contributed by atoms with Gasteiger partial charge >= 0.3 is 0 Å². The molecule has 0 saturated carbocycles. The van der Waals surface area contributed by atoms with Crippen molar-refractivity contribution < 1.29 is 28.0 Å². The van der Waals surface area contributed by atoms with Crippen molar-refractivity contribution in [1.82, 2.24) is 5.32 Å². The van der Waals surface area contributed by atoms with Crippen LogP contribution in [0.1, 0.15) is 117 Å². The molecule has 4 N–H and O–H groups in total. The SMILES string of the molecule is CC/C=C/CC/C=C/CC/C=C/C(O)C(CS(=O)(=O)O)NC(=O)C(O)CCCCCCCCCCCC. The van der Waals surface area contributed by atoms with E-state index >= 15 is 0 Å². The number of rotatable bonds is 24. The van der Waals surface area contributed by atoms with Crippen molar-refractivity contribution in [2.24, 2.45) is 0 Å². The molecule has 0 heterocycles. The van der Waals surface area contributed by atoms with E-state index in [0.29, 0.717) is 12.8 Å². The normalized spacial score (nSPS) is 15.1. The molecule has 1 amide bonds. The van der Waals surface area contributed by atoms with Gasteiger partial charge in [-0.15, -0.1) is 0 Å². The van der Waals surface area contributed by atoms with Crippen molar-refractivity contribution in [3.8, 4) is 0 Å². The van der Waals surface area contributed by atoms with Crippen LogP contribution in [0.4, 0.5) is 0 Å². The second-order valence-corrected chi connectivity index (χ2v) is 11.3. The molecule has 0 saturated heterocycles. The summed E-state index contributed by atoms with van der Waals surface area (Å²) in [6.07, 6.45) is 25.1. The molecule has 8 heteroatoms. The molecule has 0 aliphatic heterocycles. The minimum absolute atomic E-state index is 0.271. The van der Waals surface area contributed by atoms with Crippen LogP contribution in [0.25, 0.3) is 0 Å². The number of aliphatic hydroxyl groups is 2. The van der Waals surface area contributed by atoms with Crippen LogP contribution in [0.3, 0.4) is 0 Å². The van der Waals surface area contributed by atoms with Gasteiger partial charge in [0, 0.05) is 0 Å². The van der Waals surface area contributed by atoms with Crippen molar-refractivity contribution in [2.75, 3.05) is 5.75 Å². The third-order valence-corrected chi connectivity index (χ3v) is 6.95. The molecule has 216 valence electrons. The quantitative estimate of drug-likeness (QED) is 0.0669. The Morgan fingerprint density at radius 2 is 1.24 bits per heavy atom. The fraction of sp³-hybridized carbons (Fsp3) is 0.759. The number of nitrogens with one attached hydrogen (secondary N) is 1. The third kappa shape index (κ3) is 23.4. The van der Waals surface area contributed by atoms with Gasteiger partial charge in [-0.25, -0.2) is 0 Å². The summed E-state index contributed by atoms with van der Waals surface area (Å²) in [4.78, 5) is 12.4. The molecule has 3 unspecified atom stereocenters. The number of allylic oxidation sites excluding steroid dienone is 5. The first-order chi connectivity index (χ1) is 17.7. The van der Waals surface area contributed by atoms with Crippen LogP contribution >= 0.6 is 0 Å². The lowest BCUT2D eigenvalue weighted by Crippen LogP contribution is -2.50. The Balaban J connectivity index is 4.38. The maximum absolute atomic E-state index is 12.4. The Hall–Kier alpha value is -1.48. The summed E-state index contributed by atoms with van der Waals surface area (Å²) in [6.45, 7) is 4.30. The van der Waals surface area contributed by atoms with Crippen molar-refractivity contribution in [3.05, 3.63) is 36.5 Å². The fourth-order valence-corrected chi connectivity index (χ4v) is 4.70. The third-order valence-electron chi connectivity index (χ3n) is 6.17. The van der Waals surface area contributed by atoms with E-state index < -0.39 is 40.0 Å². The molecule has 0 radical (unpaired) electrons. The Morgan fingerprint density at radius 3 is 1.76 bits per heavy atom. The molecule has 0 bridgehead atoms. The number of hydrogen-bond donors (Lipinski definition) is 4. The van der Waals surface area contributed by atoms with E-state index in [2.05, 4.69) is 43.5 Å². The Bertz CT molecular complexity index is 747. The maximum atomic E-state index is 12.4. The van der Waals surface area contributed by atoms with Gasteiger partial charge in [-0.3, -0.25) is 9.35 Å². The largest absolute Gasteiger partial charge is 0.387 e. The van der Waals surface area contributed by atoms with Crippen LogP contribution in [-0.4, -0.2) is 53.1 Å². The lowest BCUT2D eigenvalue weighted by molar-refractivity contribution is -0.130. The first-order valence-electron chi connectivity index (χ1n) is 14.3. The molecular weight excluding hydrogens is 490 g/mol. The Kier molecular flexibility index (Phi) is 22.7. The van der Waals surface area contributed by atoms with E-state index in [1.165, 1.54) is 44.6 Å². The zero-order valence-corrected chi connectivity index (χ0v) is 24.0. The first kappa shape index (κ1) is 35.5. The molecular formula is C29H53NO6S. The highest BCUT2D eigenvalue weighted by atomic mass is 32.2. The van der Waals surface area contributed by atoms with Crippen LogP contribution in [0.15, 0.2) is 36.5 Å². The van der Waals surface area contributed by atoms with Crippen molar-refractivity contribution in [3.63, 3.8) is 0 Å². The monoisotopic (exact) mass is 543 g/mol. The van der Waals surface area contributed by atoms with Gasteiger partial charge in [-0.05, 0) is 38.5 Å². The molecule has 7 nitrogen and oxygen atoms in total. The predicted molar refractivity (Wildman–Crippen MR) is 153 cm³/mol. The topological polar surface area (TPSA) is 124 Å². The Labute approximate surface area is 226 Å². The Morgan fingerprint density at radius 1 is 0.757 bits per heavy atom. The smallest absolute Gasteiger partial charge is 0.267 e. The minimum atomic E-state index is -4.44. The van der Waals surface area contributed by atoms with Gasteiger partial charge in [-0.1, -0.05) is 115 Å². The van der Waals surface area contributed by atoms with Crippen LogP contribution in [0, 0.1) is 0 Å². The van der Waals surface area contributed by atoms with E-state index in [0.717, 1.165) is 44.9 Å². The second kappa shape index (κ2) is 23.6. The summed E-state index contributed by atoms with van der Waals surface area (Å²) >= 11 is 0.